The van der Waals surface area contributed by atoms with Crippen molar-refractivity contribution in [1.29, 1.82) is 5.26 Å². The first-order chi connectivity index (χ1) is 17.2. The molecular weight excluding hydrogens is 488 g/mol. The third kappa shape index (κ3) is 5.14. The molecule has 2 fully saturated rings. The maximum atomic E-state index is 13.5. The Morgan fingerprint density at radius 2 is 1.83 bits per heavy atom. The Balaban J connectivity index is 1.80. The fraction of sp³-hybridized carbons (Fsp3) is 0.429. The van der Waals surface area contributed by atoms with E-state index >= 15 is 0 Å². The molecule has 0 bridgehead atoms. The molecule has 0 N–H and O–H groups in total. The number of benzene rings is 1. The minimum atomic E-state index is -0.255. The summed E-state index contributed by atoms with van der Waals surface area (Å²) in [6.45, 7) is 10.7. The molecule has 2 saturated heterocycles. The van der Waals surface area contributed by atoms with Crippen LogP contribution < -0.4 is 10.5 Å². The van der Waals surface area contributed by atoms with Crippen LogP contribution in [0.4, 0.5) is 5.82 Å². The number of rotatable bonds is 6. The highest BCUT2D eigenvalue weighted by Gasteiger charge is 2.33. The molecule has 0 aliphatic carbocycles. The summed E-state index contributed by atoms with van der Waals surface area (Å²) >= 11 is 6.87. The van der Waals surface area contributed by atoms with E-state index in [1.54, 1.807) is 9.47 Å². The molecule has 8 heteroatoms. The van der Waals surface area contributed by atoms with E-state index in [0.29, 0.717) is 33.8 Å². The normalized spacial score (nSPS) is 17.8. The number of aromatic nitrogens is 1. The molecule has 1 aromatic carbocycles. The van der Waals surface area contributed by atoms with E-state index in [1.165, 1.54) is 11.8 Å². The summed E-state index contributed by atoms with van der Waals surface area (Å²) < 4.78 is 2.25. The van der Waals surface area contributed by atoms with Crippen molar-refractivity contribution in [2.75, 3.05) is 18.0 Å². The fourth-order valence-corrected chi connectivity index (χ4v) is 6.02. The zero-order valence-electron chi connectivity index (χ0n) is 21.3. The molecule has 0 saturated carbocycles. The van der Waals surface area contributed by atoms with Crippen LogP contribution in [0.3, 0.4) is 0 Å². The average Bonchev–Trinajstić information content (AvgIpc) is 3.12. The molecule has 3 heterocycles. The van der Waals surface area contributed by atoms with Crippen molar-refractivity contribution in [1.82, 2.24) is 9.47 Å². The van der Waals surface area contributed by atoms with Crippen molar-refractivity contribution in [2.24, 2.45) is 5.92 Å². The van der Waals surface area contributed by atoms with Gasteiger partial charge in [-0.05, 0) is 56.2 Å². The number of carbonyl (C=O) groups is 1. The number of nitriles is 1. The van der Waals surface area contributed by atoms with Crippen molar-refractivity contribution in [3.63, 3.8) is 0 Å². The number of thioether (sulfide) groups is 1. The van der Waals surface area contributed by atoms with Crippen molar-refractivity contribution >= 4 is 46.1 Å². The fourth-order valence-electron chi connectivity index (χ4n) is 4.78. The highest BCUT2D eigenvalue weighted by atomic mass is 32.2. The minimum absolute atomic E-state index is 0.138. The van der Waals surface area contributed by atoms with E-state index in [1.807, 2.05) is 51.1 Å². The topological polar surface area (TPSA) is 69.3 Å². The van der Waals surface area contributed by atoms with E-state index in [2.05, 4.69) is 17.9 Å². The standard InChI is InChI=1S/C28H32N4O2S2/c1-5-12-31-25(30-13-10-19(3)11-14-30)22(20(4)23(16-29)26(31)33)15-24-27(34)32(28(35)36-24)17-21-8-6-18(2)7-9-21/h6-9,15,19H,5,10-14,17H2,1-4H3. The van der Waals surface area contributed by atoms with Gasteiger partial charge in [0.2, 0.25) is 0 Å². The number of aryl methyl sites for hydroxylation is 1. The van der Waals surface area contributed by atoms with Gasteiger partial charge in [0.15, 0.2) is 0 Å². The summed E-state index contributed by atoms with van der Waals surface area (Å²) in [7, 11) is 0. The molecule has 1 aromatic heterocycles. The summed E-state index contributed by atoms with van der Waals surface area (Å²) in [5, 5.41) is 9.83. The lowest BCUT2D eigenvalue weighted by atomic mass is 9.97. The second-order valence-corrected chi connectivity index (χ2v) is 11.4. The minimum Gasteiger partial charge on any atom is -0.357 e. The summed E-state index contributed by atoms with van der Waals surface area (Å²) in [6.07, 6.45) is 4.70. The number of nitrogens with zero attached hydrogens (tertiary/aromatic N) is 4. The number of anilines is 1. The number of hydrogen-bond donors (Lipinski definition) is 0. The third-order valence-electron chi connectivity index (χ3n) is 6.99. The Labute approximate surface area is 222 Å². The summed E-state index contributed by atoms with van der Waals surface area (Å²) in [6, 6.07) is 10.2. The molecular formula is C28H32N4O2S2. The molecule has 4 rings (SSSR count). The average molecular weight is 521 g/mol. The van der Waals surface area contributed by atoms with Gasteiger partial charge in [0.25, 0.3) is 11.5 Å². The second-order valence-electron chi connectivity index (χ2n) is 9.73. The Hall–Kier alpha value is -2.89. The number of piperidine rings is 1. The summed E-state index contributed by atoms with van der Waals surface area (Å²) in [4.78, 5) is 31.2. The van der Waals surface area contributed by atoms with E-state index in [9.17, 15) is 14.9 Å². The maximum absolute atomic E-state index is 13.5. The molecule has 188 valence electrons. The van der Waals surface area contributed by atoms with Crippen molar-refractivity contribution in [3.8, 4) is 6.07 Å². The zero-order chi connectivity index (χ0) is 26.0. The van der Waals surface area contributed by atoms with E-state index in [-0.39, 0.29) is 17.0 Å². The molecule has 0 unspecified atom stereocenters. The number of hydrogen-bond acceptors (Lipinski definition) is 6. The van der Waals surface area contributed by atoms with Gasteiger partial charge in [0.05, 0.1) is 11.4 Å². The molecule has 2 aromatic rings. The Morgan fingerprint density at radius 3 is 2.44 bits per heavy atom. The van der Waals surface area contributed by atoms with Crippen LogP contribution in [-0.2, 0) is 17.9 Å². The van der Waals surface area contributed by atoms with Crippen LogP contribution >= 0.6 is 24.0 Å². The predicted molar refractivity (Wildman–Crippen MR) is 151 cm³/mol. The number of thiocarbonyl (C=S) groups is 1. The smallest absolute Gasteiger partial charge is 0.270 e. The van der Waals surface area contributed by atoms with Gasteiger partial charge in [0.1, 0.15) is 21.8 Å². The molecule has 0 atom stereocenters. The van der Waals surface area contributed by atoms with E-state index in [4.69, 9.17) is 12.2 Å². The van der Waals surface area contributed by atoms with Gasteiger partial charge in [0, 0.05) is 25.2 Å². The van der Waals surface area contributed by atoms with Crippen molar-refractivity contribution in [2.45, 2.75) is 60.0 Å². The second kappa shape index (κ2) is 11.0. The Morgan fingerprint density at radius 1 is 1.17 bits per heavy atom. The van der Waals surface area contributed by atoms with Crippen LogP contribution in [0, 0.1) is 31.1 Å². The summed E-state index contributed by atoms with van der Waals surface area (Å²) in [5.41, 5.74) is 3.45. The molecule has 0 spiro atoms. The Bertz CT molecular complexity index is 1310. The maximum Gasteiger partial charge on any atom is 0.270 e. The largest absolute Gasteiger partial charge is 0.357 e. The van der Waals surface area contributed by atoms with Gasteiger partial charge in [-0.15, -0.1) is 0 Å². The number of carbonyl (C=O) groups excluding carboxylic acids is 1. The first-order valence-corrected chi connectivity index (χ1v) is 13.7. The van der Waals surface area contributed by atoms with E-state index < -0.39 is 0 Å². The van der Waals surface area contributed by atoms with Gasteiger partial charge >= 0.3 is 0 Å². The molecule has 0 radical (unpaired) electrons. The number of pyridine rings is 1. The van der Waals surface area contributed by atoms with Crippen LogP contribution in [0.25, 0.3) is 6.08 Å². The molecule has 2 aliphatic rings. The molecule has 2 aliphatic heterocycles. The highest BCUT2D eigenvalue weighted by Crippen LogP contribution is 2.37. The summed E-state index contributed by atoms with van der Waals surface area (Å²) in [5.74, 6) is 1.30. The zero-order valence-corrected chi connectivity index (χ0v) is 23.0. The van der Waals surface area contributed by atoms with Crippen LogP contribution in [0.5, 0.6) is 0 Å². The van der Waals surface area contributed by atoms with Crippen LogP contribution in [0.15, 0.2) is 34.0 Å². The SMILES string of the molecule is CCCn1c(N2CCC(C)CC2)c(C=C2SC(=S)N(Cc3ccc(C)cc3)C2=O)c(C)c(C#N)c1=O. The van der Waals surface area contributed by atoms with Crippen LogP contribution in [0.2, 0.25) is 0 Å². The highest BCUT2D eigenvalue weighted by molar-refractivity contribution is 8.26. The van der Waals surface area contributed by atoms with Gasteiger partial charge < -0.3 is 4.90 Å². The first kappa shape index (κ1) is 26.2. The van der Waals surface area contributed by atoms with Crippen molar-refractivity contribution < 1.29 is 4.79 Å². The monoisotopic (exact) mass is 520 g/mol. The Kier molecular flexibility index (Phi) is 8.01. The van der Waals surface area contributed by atoms with Gasteiger partial charge in [-0.1, -0.05) is 67.7 Å². The lowest BCUT2D eigenvalue weighted by Crippen LogP contribution is -2.39. The number of amides is 1. The molecule has 1 amide bonds. The van der Waals surface area contributed by atoms with Gasteiger partial charge in [-0.3, -0.25) is 19.1 Å². The van der Waals surface area contributed by atoms with Crippen LogP contribution in [0.1, 0.15) is 60.9 Å². The molecule has 6 nitrogen and oxygen atoms in total. The van der Waals surface area contributed by atoms with Crippen molar-refractivity contribution in [3.05, 3.63) is 67.3 Å². The van der Waals surface area contributed by atoms with Crippen LogP contribution in [-0.4, -0.2) is 32.8 Å². The van der Waals surface area contributed by atoms with Gasteiger partial charge in [-0.2, -0.15) is 5.26 Å². The molecule has 36 heavy (non-hydrogen) atoms. The van der Waals surface area contributed by atoms with E-state index in [0.717, 1.165) is 54.9 Å². The lowest BCUT2D eigenvalue weighted by Gasteiger charge is -2.35. The van der Waals surface area contributed by atoms with Gasteiger partial charge in [-0.25, -0.2) is 0 Å². The predicted octanol–water partition coefficient (Wildman–Crippen LogP) is 5.38. The quantitative estimate of drug-likeness (QED) is 0.376. The first-order valence-electron chi connectivity index (χ1n) is 12.5. The lowest BCUT2D eigenvalue weighted by molar-refractivity contribution is -0.122. The third-order valence-corrected chi connectivity index (χ3v) is 8.36.